The van der Waals surface area contributed by atoms with Crippen LogP contribution in [0.1, 0.15) is 26.7 Å². The average molecular weight is 355 g/mol. The first kappa shape index (κ1) is 12.4. The van der Waals surface area contributed by atoms with Gasteiger partial charge in [-0.1, -0.05) is 36.2 Å². The Labute approximate surface area is 92.7 Å². The number of hydrogen-bond acceptors (Lipinski definition) is 0. The van der Waals surface area contributed by atoms with E-state index in [1.807, 2.05) is 13.8 Å². The summed E-state index contributed by atoms with van der Waals surface area (Å²) in [5.74, 6) is -0.0347. The molecule has 0 rings (SSSR count). The van der Waals surface area contributed by atoms with Gasteiger partial charge in [-0.25, -0.2) is 4.39 Å². The van der Waals surface area contributed by atoms with Crippen LogP contribution >= 0.6 is 47.8 Å². The summed E-state index contributed by atoms with van der Waals surface area (Å²) >= 11 is 9.31. The molecule has 0 nitrogen and oxygen atoms in total. The molecule has 0 spiro atoms. The molecule has 2 atom stereocenters. The topological polar surface area (TPSA) is 0 Å². The molecule has 0 amide bonds. The van der Waals surface area contributed by atoms with Gasteiger partial charge < -0.3 is 0 Å². The summed E-state index contributed by atoms with van der Waals surface area (Å²) in [6.07, 6.45) is 1.85. The van der Waals surface area contributed by atoms with Crippen LogP contribution in [0.2, 0.25) is 0 Å². The third kappa shape index (κ3) is 4.83. The molecule has 0 aliphatic rings. The van der Waals surface area contributed by atoms with Gasteiger partial charge in [-0.2, -0.15) is 0 Å². The van der Waals surface area contributed by atoms with Gasteiger partial charge in [0.15, 0.2) is 0 Å². The molecule has 0 radical (unpaired) electrons. The van der Waals surface area contributed by atoms with Crippen LogP contribution in [0.4, 0.5) is 4.39 Å². The smallest absolute Gasteiger partial charge is 0.218 e. The Morgan fingerprint density at radius 1 is 1.45 bits per heavy atom. The second kappa shape index (κ2) is 5.18. The van der Waals surface area contributed by atoms with Gasteiger partial charge in [-0.05, 0) is 38.3 Å². The van der Waals surface area contributed by atoms with E-state index in [1.54, 1.807) is 0 Å². The molecule has 2 unspecified atom stereocenters. The van der Waals surface area contributed by atoms with Crippen molar-refractivity contribution >= 4 is 47.8 Å². The molecule has 0 aromatic heterocycles. The van der Waals surface area contributed by atoms with Crippen LogP contribution in [0.15, 0.2) is 0 Å². The van der Waals surface area contributed by atoms with Crippen molar-refractivity contribution in [2.45, 2.75) is 35.0 Å². The second-order valence-corrected chi connectivity index (χ2v) is 7.43. The van der Waals surface area contributed by atoms with E-state index in [-0.39, 0.29) is 10.7 Å². The van der Waals surface area contributed by atoms with E-state index in [9.17, 15) is 4.39 Å². The van der Waals surface area contributed by atoms with Crippen molar-refractivity contribution in [2.75, 3.05) is 0 Å². The van der Waals surface area contributed by atoms with Crippen molar-refractivity contribution in [1.29, 1.82) is 0 Å². The summed E-state index contributed by atoms with van der Waals surface area (Å²) in [6.45, 7) is 4.01. The fourth-order valence-corrected chi connectivity index (χ4v) is 3.55. The van der Waals surface area contributed by atoms with E-state index in [0.29, 0.717) is 0 Å². The first-order chi connectivity index (χ1) is 4.89. The van der Waals surface area contributed by atoms with Crippen molar-refractivity contribution in [3.8, 4) is 0 Å². The minimum atomic E-state index is -1.43. The van der Waals surface area contributed by atoms with E-state index in [2.05, 4.69) is 47.8 Å². The second-order valence-electron chi connectivity index (χ2n) is 2.61. The highest BCUT2D eigenvalue weighted by molar-refractivity contribution is 9.25. The van der Waals surface area contributed by atoms with E-state index >= 15 is 0 Å². The van der Waals surface area contributed by atoms with Crippen LogP contribution < -0.4 is 0 Å². The van der Waals surface area contributed by atoms with Crippen molar-refractivity contribution in [1.82, 2.24) is 0 Å². The maximum absolute atomic E-state index is 13.3. The van der Waals surface area contributed by atoms with Gasteiger partial charge in [0.2, 0.25) is 3.49 Å². The Bertz CT molecular complexity index is 109. The molecule has 11 heavy (non-hydrogen) atoms. The first-order valence-corrected chi connectivity index (χ1v) is 6.10. The quantitative estimate of drug-likeness (QED) is 0.647. The van der Waals surface area contributed by atoms with Crippen molar-refractivity contribution in [3.63, 3.8) is 0 Å². The molecule has 0 fully saturated rings. The monoisotopic (exact) mass is 352 g/mol. The SMILES string of the molecule is CCCC(C(C)Br)C(F)(Br)Br. The lowest BCUT2D eigenvalue weighted by atomic mass is 10.0. The molecule has 0 saturated heterocycles. The third-order valence-corrected chi connectivity index (χ3v) is 3.39. The lowest BCUT2D eigenvalue weighted by Crippen LogP contribution is -2.26. The van der Waals surface area contributed by atoms with Gasteiger partial charge in [0.05, 0.1) is 0 Å². The molecule has 0 bridgehead atoms. The standard InChI is InChI=1S/C7H12Br3F/c1-3-4-6(5(2)8)7(9,10)11/h5-6H,3-4H2,1-2H3. The van der Waals surface area contributed by atoms with Gasteiger partial charge >= 0.3 is 0 Å². The van der Waals surface area contributed by atoms with Crippen LogP contribution in [0.25, 0.3) is 0 Å². The highest BCUT2D eigenvalue weighted by Gasteiger charge is 2.35. The molecule has 0 aliphatic carbocycles. The summed E-state index contributed by atoms with van der Waals surface area (Å²) in [6, 6.07) is 0. The van der Waals surface area contributed by atoms with Crippen LogP contribution in [0, 0.1) is 5.92 Å². The lowest BCUT2D eigenvalue weighted by Gasteiger charge is -2.25. The van der Waals surface area contributed by atoms with Gasteiger partial charge in [-0.15, -0.1) is 0 Å². The number of halogens is 4. The largest absolute Gasteiger partial charge is 0.222 e. The molecule has 0 N–H and O–H groups in total. The van der Waals surface area contributed by atoms with Crippen molar-refractivity contribution in [3.05, 3.63) is 0 Å². The number of hydrogen-bond donors (Lipinski definition) is 0. The zero-order valence-electron chi connectivity index (χ0n) is 6.58. The minimum Gasteiger partial charge on any atom is -0.218 e. The maximum Gasteiger partial charge on any atom is 0.222 e. The number of rotatable bonds is 4. The highest BCUT2D eigenvalue weighted by Crippen LogP contribution is 2.42. The normalized spacial score (nSPS) is 18.0. The predicted molar refractivity (Wildman–Crippen MR) is 58.5 cm³/mol. The zero-order chi connectivity index (χ0) is 9.07. The van der Waals surface area contributed by atoms with Crippen LogP contribution in [0.5, 0.6) is 0 Å². The van der Waals surface area contributed by atoms with E-state index in [0.717, 1.165) is 12.8 Å². The summed E-state index contributed by atoms with van der Waals surface area (Å²) in [5.41, 5.74) is 0. The Morgan fingerprint density at radius 3 is 2.00 bits per heavy atom. The molecule has 68 valence electrons. The summed E-state index contributed by atoms with van der Waals surface area (Å²) < 4.78 is 11.9. The Kier molecular flexibility index (Phi) is 5.82. The summed E-state index contributed by atoms with van der Waals surface area (Å²) in [7, 11) is 0. The van der Waals surface area contributed by atoms with Crippen LogP contribution in [0.3, 0.4) is 0 Å². The molecule has 0 heterocycles. The van der Waals surface area contributed by atoms with Gasteiger partial charge in [-0.3, -0.25) is 0 Å². The molecular formula is C7H12Br3F. The molecule has 4 heteroatoms. The Balaban J connectivity index is 4.10. The van der Waals surface area contributed by atoms with Gasteiger partial charge in [0.1, 0.15) is 0 Å². The Hall–Kier alpha value is 1.37. The molecule has 0 aromatic rings. The predicted octanol–water partition coefficient (Wildman–Crippen LogP) is 4.60. The van der Waals surface area contributed by atoms with E-state index < -0.39 is 3.49 Å². The molecule has 0 saturated carbocycles. The fourth-order valence-electron chi connectivity index (χ4n) is 0.965. The van der Waals surface area contributed by atoms with E-state index in [4.69, 9.17) is 0 Å². The van der Waals surface area contributed by atoms with Crippen molar-refractivity contribution < 1.29 is 4.39 Å². The first-order valence-electron chi connectivity index (χ1n) is 3.60. The van der Waals surface area contributed by atoms with Crippen LogP contribution in [-0.2, 0) is 0 Å². The third-order valence-electron chi connectivity index (χ3n) is 1.57. The highest BCUT2D eigenvalue weighted by atomic mass is 79.9. The maximum atomic E-state index is 13.3. The average Bonchev–Trinajstić information content (AvgIpc) is 1.79. The summed E-state index contributed by atoms with van der Waals surface area (Å²) in [5, 5.41) is 0. The zero-order valence-corrected chi connectivity index (χ0v) is 11.3. The van der Waals surface area contributed by atoms with Gasteiger partial charge in [0, 0.05) is 10.7 Å². The number of alkyl halides is 4. The Morgan fingerprint density at radius 2 is 1.91 bits per heavy atom. The summed E-state index contributed by atoms with van der Waals surface area (Å²) in [4.78, 5) is 0.172. The van der Waals surface area contributed by atoms with Gasteiger partial charge in [0.25, 0.3) is 0 Å². The minimum absolute atomic E-state index is 0.0347. The van der Waals surface area contributed by atoms with E-state index in [1.165, 1.54) is 0 Å². The van der Waals surface area contributed by atoms with Crippen molar-refractivity contribution in [2.24, 2.45) is 5.92 Å². The molecular weight excluding hydrogens is 343 g/mol. The molecule has 0 aromatic carbocycles. The molecule has 0 aliphatic heterocycles. The fraction of sp³-hybridized carbons (Fsp3) is 1.00. The lowest BCUT2D eigenvalue weighted by molar-refractivity contribution is 0.288. The van der Waals surface area contributed by atoms with Crippen LogP contribution in [-0.4, -0.2) is 8.31 Å².